The van der Waals surface area contributed by atoms with E-state index in [1.54, 1.807) is 7.11 Å². The Morgan fingerprint density at radius 3 is 2.59 bits per heavy atom. The summed E-state index contributed by atoms with van der Waals surface area (Å²) in [5, 5.41) is 6.10. The summed E-state index contributed by atoms with van der Waals surface area (Å²) < 4.78 is 7.30. The van der Waals surface area contributed by atoms with E-state index in [1.807, 2.05) is 36.4 Å². The second-order valence-corrected chi connectivity index (χ2v) is 6.47. The van der Waals surface area contributed by atoms with Crippen molar-refractivity contribution < 1.29 is 9.53 Å². The number of nitrogens with one attached hydrogen (secondary N) is 2. The molecular formula is C16H16Br2N2O2. The minimum absolute atomic E-state index is 0.0882. The van der Waals surface area contributed by atoms with Gasteiger partial charge in [0.05, 0.1) is 11.6 Å². The first-order valence-corrected chi connectivity index (χ1v) is 8.21. The van der Waals surface area contributed by atoms with Crippen molar-refractivity contribution in [2.75, 3.05) is 17.7 Å². The fourth-order valence-electron chi connectivity index (χ4n) is 2.08. The third-order valence-electron chi connectivity index (χ3n) is 2.96. The van der Waals surface area contributed by atoms with Crippen molar-refractivity contribution in [1.82, 2.24) is 0 Å². The molecule has 0 saturated carbocycles. The maximum atomic E-state index is 11.1. The summed E-state index contributed by atoms with van der Waals surface area (Å²) in [5.74, 6) is 0.712. The minimum atomic E-state index is -0.0882. The van der Waals surface area contributed by atoms with Crippen molar-refractivity contribution in [3.63, 3.8) is 0 Å². The van der Waals surface area contributed by atoms with Gasteiger partial charge < -0.3 is 15.4 Å². The first-order valence-electron chi connectivity index (χ1n) is 6.63. The highest BCUT2D eigenvalue weighted by Crippen LogP contribution is 2.33. The molecule has 0 spiro atoms. The van der Waals surface area contributed by atoms with Crippen LogP contribution in [0, 0.1) is 0 Å². The number of methoxy groups -OCH3 is 1. The van der Waals surface area contributed by atoms with Gasteiger partial charge in [-0.1, -0.05) is 22.0 Å². The van der Waals surface area contributed by atoms with Gasteiger partial charge >= 0.3 is 0 Å². The Kier molecular flexibility index (Phi) is 5.85. The summed E-state index contributed by atoms with van der Waals surface area (Å²) in [6.45, 7) is 2.09. The summed E-state index contributed by atoms with van der Waals surface area (Å²) in [5.41, 5.74) is 2.71. The maximum Gasteiger partial charge on any atom is 0.221 e. The van der Waals surface area contributed by atoms with Gasteiger partial charge in [0, 0.05) is 34.9 Å². The number of rotatable bonds is 5. The van der Waals surface area contributed by atoms with Crippen LogP contribution in [0.4, 0.5) is 11.4 Å². The summed E-state index contributed by atoms with van der Waals surface area (Å²) >= 11 is 6.97. The third kappa shape index (κ3) is 4.48. The molecule has 0 radical (unpaired) electrons. The highest BCUT2D eigenvalue weighted by Gasteiger charge is 2.09. The van der Waals surface area contributed by atoms with E-state index in [0.29, 0.717) is 6.54 Å². The Balaban J connectivity index is 2.15. The SMILES string of the molecule is COc1c(Br)cc(Br)cc1CNc1cccc(NC(C)=O)c1. The van der Waals surface area contributed by atoms with Gasteiger partial charge in [-0.05, 0) is 46.3 Å². The fourth-order valence-corrected chi connectivity index (χ4v) is 3.56. The number of anilines is 2. The van der Waals surface area contributed by atoms with E-state index in [1.165, 1.54) is 6.92 Å². The lowest BCUT2D eigenvalue weighted by molar-refractivity contribution is -0.114. The van der Waals surface area contributed by atoms with Gasteiger partial charge in [0.2, 0.25) is 5.91 Å². The number of hydrogen-bond acceptors (Lipinski definition) is 3. The van der Waals surface area contributed by atoms with E-state index in [2.05, 4.69) is 42.5 Å². The molecule has 0 aliphatic rings. The molecule has 0 aromatic heterocycles. The highest BCUT2D eigenvalue weighted by atomic mass is 79.9. The molecule has 0 unspecified atom stereocenters. The standard InChI is InChI=1S/C16H16Br2N2O2/c1-10(21)20-14-5-3-4-13(8-14)19-9-11-6-12(17)7-15(18)16(11)22-2/h3-8,19H,9H2,1-2H3,(H,20,21). The van der Waals surface area contributed by atoms with E-state index < -0.39 is 0 Å². The van der Waals surface area contributed by atoms with Crippen molar-refractivity contribution in [2.45, 2.75) is 13.5 Å². The van der Waals surface area contributed by atoms with Crippen LogP contribution in [0.3, 0.4) is 0 Å². The fraction of sp³-hybridized carbons (Fsp3) is 0.188. The predicted molar refractivity (Wildman–Crippen MR) is 96.5 cm³/mol. The normalized spacial score (nSPS) is 10.2. The van der Waals surface area contributed by atoms with Crippen molar-refractivity contribution in [3.05, 3.63) is 50.9 Å². The van der Waals surface area contributed by atoms with Gasteiger partial charge in [-0.2, -0.15) is 0 Å². The van der Waals surface area contributed by atoms with E-state index in [-0.39, 0.29) is 5.91 Å². The van der Waals surface area contributed by atoms with Crippen LogP contribution in [-0.2, 0) is 11.3 Å². The molecule has 0 saturated heterocycles. The molecule has 2 aromatic rings. The largest absolute Gasteiger partial charge is 0.495 e. The zero-order valence-corrected chi connectivity index (χ0v) is 15.4. The lowest BCUT2D eigenvalue weighted by Gasteiger charge is -2.13. The third-order valence-corrected chi connectivity index (χ3v) is 4.00. The first kappa shape index (κ1) is 16.8. The molecular weight excluding hydrogens is 412 g/mol. The van der Waals surface area contributed by atoms with Crippen LogP contribution >= 0.6 is 31.9 Å². The number of ether oxygens (including phenoxy) is 1. The van der Waals surface area contributed by atoms with Gasteiger partial charge in [-0.15, -0.1) is 0 Å². The molecule has 1 amide bonds. The van der Waals surface area contributed by atoms with Crippen LogP contribution in [-0.4, -0.2) is 13.0 Å². The second kappa shape index (κ2) is 7.65. The molecule has 0 atom stereocenters. The average molecular weight is 428 g/mol. The number of halogens is 2. The van der Waals surface area contributed by atoms with Crippen molar-refractivity contribution in [3.8, 4) is 5.75 Å². The van der Waals surface area contributed by atoms with Gasteiger partial charge in [-0.25, -0.2) is 0 Å². The minimum Gasteiger partial charge on any atom is -0.495 e. The Morgan fingerprint density at radius 2 is 1.91 bits per heavy atom. The van der Waals surface area contributed by atoms with Crippen molar-refractivity contribution in [1.29, 1.82) is 0 Å². The molecule has 116 valence electrons. The number of amides is 1. The lowest BCUT2D eigenvalue weighted by atomic mass is 10.2. The molecule has 0 aliphatic heterocycles. The summed E-state index contributed by atoms with van der Waals surface area (Å²) in [6, 6.07) is 11.5. The van der Waals surface area contributed by atoms with E-state index in [9.17, 15) is 4.79 Å². The molecule has 2 N–H and O–H groups in total. The maximum absolute atomic E-state index is 11.1. The van der Waals surface area contributed by atoms with Crippen LogP contribution in [0.25, 0.3) is 0 Å². The molecule has 0 heterocycles. The van der Waals surface area contributed by atoms with Gasteiger partial charge in [-0.3, -0.25) is 4.79 Å². The Bertz CT molecular complexity index is 690. The Labute approximate surface area is 146 Å². The Hall–Kier alpha value is -1.53. The molecule has 0 fully saturated rings. The molecule has 0 aliphatic carbocycles. The van der Waals surface area contributed by atoms with Crippen LogP contribution in [0.2, 0.25) is 0 Å². The van der Waals surface area contributed by atoms with Crippen molar-refractivity contribution in [2.24, 2.45) is 0 Å². The summed E-state index contributed by atoms with van der Waals surface area (Å²) in [7, 11) is 1.65. The topological polar surface area (TPSA) is 50.4 Å². The molecule has 22 heavy (non-hydrogen) atoms. The van der Waals surface area contributed by atoms with E-state index in [0.717, 1.165) is 31.6 Å². The lowest BCUT2D eigenvalue weighted by Crippen LogP contribution is -2.06. The monoisotopic (exact) mass is 426 g/mol. The van der Waals surface area contributed by atoms with Gasteiger partial charge in [0.1, 0.15) is 5.75 Å². The smallest absolute Gasteiger partial charge is 0.221 e. The average Bonchev–Trinajstić information content (AvgIpc) is 2.44. The molecule has 4 nitrogen and oxygen atoms in total. The van der Waals surface area contributed by atoms with Crippen LogP contribution < -0.4 is 15.4 Å². The van der Waals surface area contributed by atoms with Gasteiger partial charge in [0.25, 0.3) is 0 Å². The zero-order valence-electron chi connectivity index (χ0n) is 12.2. The number of hydrogen-bond donors (Lipinski definition) is 2. The first-order chi connectivity index (χ1) is 10.5. The Morgan fingerprint density at radius 1 is 1.18 bits per heavy atom. The molecule has 2 rings (SSSR count). The zero-order chi connectivity index (χ0) is 16.1. The molecule has 6 heteroatoms. The van der Waals surface area contributed by atoms with E-state index >= 15 is 0 Å². The number of carbonyl (C=O) groups excluding carboxylic acids is 1. The second-order valence-electron chi connectivity index (χ2n) is 4.70. The molecule has 0 bridgehead atoms. The number of benzene rings is 2. The van der Waals surface area contributed by atoms with Crippen LogP contribution in [0.15, 0.2) is 45.3 Å². The highest BCUT2D eigenvalue weighted by molar-refractivity contribution is 9.11. The van der Waals surface area contributed by atoms with E-state index in [4.69, 9.17) is 4.74 Å². The summed E-state index contributed by atoms with van der Waals surface area (Å²) in [4.78, 5) is 11.1. The molecule has 2 aromatic carbocycles. The van der Waals surface area contributed by atoms with Crippen LogP contribution in [0.1, 0.15) is 12.5 Å². The van der Waals surface area contributed by atoms with Crippen LogP contribution in [0.5, 0.6) is 5.75 Å². The van der Waals surface area contributed by atoms with Gasteiger partial charge in [0.15, 0.2) is 0 Å². The van der Waals surface area contributed by atoms with Crippen molar-refractivity contribution >= 4 is 49.1 Å². The quantitative estimate of drug-likeness (QED) is 0.721. The number of carbonyl (C=O) groups is 1. The predicted octanol–water partition coefficient (Wildman–Crippen LogP) is 4.79. The summed E-state index contributed by atoms with van der Waals surface area (Å²) in [6.07, 6.45) is 0.